The van der Waals surface area contributed by atoms with E-state index in [-0.39, 0.29) is 18.3 Å². The first-order valence-electron chi connectivity index (χ1n) is 4.68. The van der Waals surface area contributed by atoms with E-state index in [1.165, 1.54) is 0 Å². The highest BCUT2D eigenvalue weighted by Gasteiger charge is 2.13. The van der Waals surface area contributed by atoms with Crippen LogP contribution in [0.5, 0.6) is 0 Å². The minimum Gasteiger partial charge on any atom is -0.396 e. The van der Waals surface area contributed by atoms with Crippen molar-refractivity contribution >= 4 is 15.9 Å². The van der Waals surface area contributed by atoms with E-state index in [0.29, 0.717) is 10.0 Å². The molecule has 78 valence electrons. The van der Waals surface area contributed by atoms with Gasteiger partial charge < -0.3 is 5.11 Å². The van der Waals surface area contributed by atoms with Crippen molar-refractivity contribution in [1.29, 1.82) is 0 Å². The van der Waals surface area contributed by atoms with E-state index in [1.807, 2.05) is 19.9 Å². The normalized spacial score (nSPS) is 12.9. The molecule has 14 heavy (non-hydrogen) atoms. The van der Waals surface area contributed by atoms with E-state index in [4.69, 9.17) is 5.11 Å². The molecule has 0 saturated carbocycles. The van der Waals surface area contributed by atoms with Crippen molar-refractivity contribution < 1.29 is 9.50 Å². The van der Waals surface area contributed by atoms with Crippen LogP contribution in [0.25, 0.3) is 0 Å². The quantitative estimate of drug-likeness (QED) is 0.885. The van der Waals surface area contributed by atoms with Crippen LogP contribution >= 0.6 is 15.9 Å². The van der Waals surface area contributed by atoms with Gasteiger partial charge in [-0.2, -0.15) is 0 Å². The van der Waals surface area contributed by atoms with Crippen molar-refractivity contribution in [3.05, 3.63) is 33.5 Å². The van der Waals surface area contributed by atoms with Gasteiger partial charge in [0.05, 0.1) is 4.47 Å². The van der Waals surface area contributed by atoms with Crippen LogP contribution in [0.15, 0.2) is 16.6 Å². The van der Waals surface area contributed by atoms with Crippen LogP contribution in [0, 0.1) is 5.82 Å². The Labute approximate surface area is 92.1 Å². The van der Waals surface area contributed by atoms with Gasteiger partial charge in [-0.05, 0) is 39.5 Å². The Kier molecular flexibility index (Phi) is 4.08. The van der Waals surface area contributed by atoms with Crippen molar-refractivity contribution in [1.82, 2.24) is 0 Å². The van der Waals surface area contributed by atoms with Crippen molar-refractivity contribution in [3.8, 4) is 0 Å². The smallest absolute Gasteiger partial charge is 0.140 e. The molecule has 1 atom stereocenters. The van der Waals surface area contributed by atoms with Gasteiger partial charge in [0.25, 0.3) is 0 Å². The molecule has 0 amide bonds. The Morgan fingerprint density at radius 1 is 1.50 bits per heavy atom. The Morgan fingerprint density at radius 2 is 2.14 bits per heavy atom. The number of aliphatic hydroxyl groups is 1. The summed E-state index contributed by atoms with van der Waals surface area (Å²) in [4.78, 5) is 0. The molecule has 0 aromatic heterocycles. The molecule has 1 nitrogen and oxygen atoms in total. The van der Waals surface area contributed by atoms with Crippen LogP contribution in [0.1, 0.15) is 30.9 Å². The van der Waals surface area contributed by atoms with E-state index < -0.39 is 0 Å². The molecule has 0 spiro atoms. The predicted molar refractivity (Wildman–Crippen MR) is 59.0 cm³/mol. The summed E-state index contributed by atoms with van der Waals surface area (Å²) in [6.45, 7) is 3.80. The molecule has 1 aromatic carbocycles. The zero-order chi connectivity index (χ0) is 10.7. The highest BCUT2D eigenvalue weighted by Crippen LogP contribution is 2.27. The number of hydrogen-bond donors (Lipinski definition) is 1. The summed E-state index contributed by atoms with van der Waals surface area (Å²) in [5.74, 6) is -0.415. The molecule has 0 aliphatic rings. The van der Waals surface area contributed by atoms with Crippen molar-refractivity contribution in [3.63, 3.8) is 0 Å². The fourth-order valence-electron chi connectivity index (χ4n) is 1.33. The van der Waals surface area contributed by atoms with E-state index in [1.54, 1.807) is 6.07 Å². The van der Waals surface area contributed by atoms with Gasteiger partial charge in [0.2, 0.25) is 0 Å². The molecule has 1 N–H and O–H groups in total. The fourth-order valence-corrected chi connectivity index (χ4v) is 1.85. The summed E-state index contributed by atoms with van der Waals surface area (Å²) in [6.07, 6.45) is 0.865. The number of aliphatic hydroxyl groups excluding tert-OH is 1. The van der Waals surface area contributed by atoms with Crippen molar-refractivity contribution in [2.45, 2.75) is 26.2 Å². The Morgan fingerprint density at radius 3 is 2.64 bits per heavy atom. The molecule has 0 aliphatic heterocycles. The Bertz CT molecular complexity index is 325. The van der Waals surface area contributed by atoms with Crippen molar-refractivity contribution in [2.24, 2.45) is 0 Å². The molecule has 0 heterocycles. The number of halogens is 2. The molecule has 0 radical (unpaired) electrons. The summed E-state index contributed by atoms with van der Waals surface area (Å²) in [7, 11) is 0. The highest BCUT2D eigenvalue weighted by molar-refractivity contribution is 9.10. The number of aryl methyl sites for hydroxylation is 1. The van der Waals surface area contributed by atoms with Gasteiger partial charge in [0.15, 0.2) is 0 Å². The molecule has 0 fully saturated rings. The van der Waals surface area contributed by atoms with Gasteiger partial charge in [0.1, 0.15) is 5.82 Å². The minimum atomic E-state index is -0.260. The standard InChI is InChI=1S/C11H14BrFO/c1-3-8-4-9(7(2)6-14)11(13)10(12)5-8/h4-5,7,14H,3,6H2,1-2H3. The van der Waals surface area contributed by atoms with Gasteiger partial charge in [-0.15, -0.1) is 0 Å². The second kappa shape index (κ2) is 4.89. The third-order valence-corrected chi connectivity index (χ3v) is 2.91. The van der Waals surface area contributed by atoms with E-state index >= 15 is 0 Å². The first kappa shape index (κ1) is 11.7. The predicted octanol–water partition coefficient (Wildman–Crippen LogP) is 3.25. The zero-order valence-electron chi connectivity index (χ0n) is 8.35. The lowest BCUT2D eigenvalue weighted by molar-refractivity contribution is 0.270. The summed E-state index contributed by atoms with van der Waals surface area (Å²) >= 11 is 3.18. The molecule has 1 aromatic rings. The molecular weight excluding hydrogens is 247 g/mol. The van der Waals surface area contributed by atoms with Crippen LogP contribution in [-0.4, -0.2) is 11.7 Å². The fraction of sp³-hybridized carbons (Fsp3) is 0.455. The number of rotatable bonds is 3. The maximum absolute atomic E-state index is 13.6. The molecule has 1 unspecified atom stereocenters. The number of benzene rings is 1. The Balaban J connectivity index is 3.20. The molecule has 0 aliphatic carbocycles. The lowest BCUT2D eigenvalue weighted by atomic mass is 9.98. The molecule has 0 saturated heterocycles. The van der Waals surface area contributed by atoms with Crippen LogP contribution in [0.4, 0.5) is 4.39 Å². The first-order valence-corrected chi connectivity index (χ1v) is 5.48. The minimum absolute atomic E-state index is 0.0312. The van der Waals surface area contributed by atoms with Gasteiger partial charge in [0, 0.05) is 12.5 Å². The van der Waals surface area contributed by atoms with Crippen LogP contribution in [0.2, 0.25) is 0 Å². The van der Waals surface area contributed by atoms with Crippen molar-refractivity contribution in [2.75, 3.05) is 6.61 Å². The van der Waals surface area contributed by atoms with Crippen LogP contribution in [0.3, 0.4) is 0 Å². The second-order valence-electron chi connectivity index (χ2n) is 3.42. The third kappa shape index (κ3) is 2.34. The number of hydrogen-bond acceptors (Lipinski definition) is 1. The SMILES string of the molecule is CCc1cc(Br)c(F)c(C(C)CO)c1. The monoisotopic (exact) mass is 260 g/mol. The van der Waals surface area contributed by atoms with E-state index in [0.717, 1.165) is 12.0 Å². The second-order valence-corrected chi connectivity index (χ2v) is 4.27. The molecule has 1 rings (SSSR count). The average molecular weight is 261 g/mol. The van der Waals surface area contributed by atoms with Gasteiger partial charge in [-0.3, -0.25) is 0 Å². The van der Waals surface area contributed by atoms with Gasteiger partial charge in [-0.1, -0.05) is 19.9 Å². The molecule has 0 bridgehead atoms. The summed E-state index contributed by atoms with van der Waals surface area (Å²) in [5, 5.41) is 8.99. The van der Waals surface area contributed by atoms with Crippen LogP contribution < -0.4 is 0 Å². The zero-order valence-corrected chi connectivity index (χ0v) is 9.94. The molecular formula is C11H14BrFO. The van der Waals surface area contributed by atoms with Crippen LogP contribution in [-0.2, 0) is 6.42 Å². The first-order chi connectivity index (χ1) is 6.60. The van der Waals surface area contributed by atoms with E-state index in [2.05, 4.69) is 15.9 Å². The largest absolute Gasteiger partial charge is 0.396 e. The maximum Gasteiger partial charge on any atom is 0.140 e. The Hall–Kier alpha value is -0.410. The maximum atomic E-state index is 13.6. The van der Waals surface area contributed by atoms with E-state index in [9.17, 15) is 4.39 Å². The summed E-state index contributed by atoms with van der Waals surface area (Å²) in [6, 6.07) is 3.60. The summed E-state index contributed by atoms with van der Waals surface area (Å²) < 4.78 is 14.1. The topological polar surface area (TPSA) is 20.2 Å². The highest BCUT2D eigenvalue weighted by atomic mass is 79.9. The van der Waals surface area contributed by atoms with Gasteiger partial charge >= 0.3 is 0 Å². The average Bonchev–Trinajstić information content (AvgIpc) is 2.20. The third-order valence-electron chi connectivity index (χ3n) is 2.33. The lowest BCUT2D eigenvalue weighted by Crippen LogP contribution is -2.03. The van der Waals surface area contributed by atoms with Gasteiger partial charge in [-0.25, -0.2) is 4.39 Å². The molecule has 3 heteroatoms. The summed E-state index contributed by atoms with van der Waals surface area (Å²) in [5.41, 5.74) is 1.66. The lowest BCUT2D eigenvalue weighted by Gasteiger charge is -2.12.